The number of rotatable bonds is 64. The average Bonchev–Trinajstić information content (AvgIpc) is 3.41. The third-order valence-corrected chi connectivity index (χ3v) is 16.0. The van der Waals surface area contributed by atoms with E-state index >= 15 is 0 Å². The van der Waals surface area contributed by atoms with Gasteiger partial charge in [-0.2, -0.15) is 0 Å². The summed E-state index contributed by atoms with van der Waals surface area (Å²) in [4.78, 5) is 24.6. The van der Waals surface area contributed by atoms with Gasteiger partial charge in [0.05, 0.1) is 25.4 Å². The van der Waals surface area contributed by atoms with Crippen LogP contribution >= 0.6 is 0 Å². The molecule has 0 bridgehead atoms. The lowest BCUT2D eigenvalue weighted by Gasteiger charge is -2.22. The van der Waals surface area contributed by atoms with Crippen LogP contribution in [0.2, 0.25) is 0 Å². The number of aliphatic hydroxyl groups is 2. The smallest absolute Gasteiger partial charge is 0.305 e. The van der Waals surface area contributed by atoms with Crippen molar-refractivity contribution in [3.63, 3.8) is 0 Å². The fourth-order valence-corrected chi connectivity index (χ4v) is 10.7. The molecule has 6 nitrogen and oxygen atoms in total. The Morgan fingerprint density at radius 2 is 0.627 bits per heavy atom. The maximum Gasteiger partial charge on any atom is 0.305 e. The zero-order valence-corrected chi connectivity index (χ0v) is 50.8. The molecule has 0 fully saturated rings. The van der Waals surface area contributed by atoms with Gasteiger partial charge >= 0.3 is 5.97 Å². The normalized spacial score (nSPS) is 12.6. The molecule has 0 aromatic rings. The third-order valence-electron chi connectivity index (χ3n) is 16.0. The minimum absolute atomic E-state index is 0.00901. The molecule has 2 unspecified atom stereocenters. The highest BCUT2D eigenvalue weighted by Crippen LogP contribution is 2.18. The van der Waals surface area contributed by atoms with E-state index in [1.807, 2.05) is 0 Å². The number of esters is 1. The van der Waals surface area contributed by atoms with Crippen molar-refractivity contribution in [3.05, 3.63) is 24.3 Å². The molecule has 0 aromatic carbocycles. The Hall–Kier alpha value is -1.66. The lowest BCUT2D eigenvalue weighted by atomic mass is 10.0. The number of amides is 1. The van der Waals surface area contributed by atoms with E-state index in [9.17, 15) is 19.8 Å². The molecule has 0 aliphatic heterocycles. The van der Waals surface area contributed by atoms with Gasteiger partial charge in [-0.05, 0) is 77.0 Å². The van der Waals surface area contributed by atoms with E-state index < -0.39 is 12.1 Å². The van der Waals surface area contributed by atoms with Crippen LogP contribution in [0.5, 0.6) is 0 Å². The van der Waals surface area contributed by atoms with Crippen molar-refractivity contribution >= 4 is 11.9 Å². The molecule has 0 aliphatic carbocycles. The van der Waals surface area contributed by atoms with E-state index in [0.29, 0.717) is 25.9 Å². The highest BCUT2D eigenvalue weighted by molar-refractivity contribution is 5.76. The molecule has 0 saturated heterocycles. The summed E-state index contributed by atoms with van der Waals surface area (Å²) in [6.07, 6.45) is 80.7. The van der Waals surface area contributed by atoms with Crippen molar-refractivity contribution in [3.8, 4) is 0 Å². The van der Waals surface area contributed by atoms with Gasteiger partial charge in [0.15, 0.2) is 0 Å². The van der Waals surface area contributed by atoms with Gasteiger partial charge in [0.25, 0.3) is 0 Å². The molecule has 0 aliphatic rings. The Labute approximate surface area is 469 Å². The van der Waals surface area contributed by atoms with Gasteiger partial charge in [-0.15, -0.1) is 0 Å². The summed E-state index contributed by atoms with van der Waals surface area (Å²) in [5.41, 5.74) is 0. The Balaban J connectivity index is 3.36. The standard InChI is InChI=1S/C69H133NO5/c1-3-5-7-9-11-13-15-17-19-35-39-43-47-51-55-59-63-69(74)75-64-60-56-52-48-44-40-36-33-31-29-27-25-23-21-20-22-24-26-28-30-32-34-38-42-46-50-54-58-62-68(73)70-66(65-71)67(72)61-57-53-49-45-41-37-18-16-14-12-10-8-6-4-2/h19-21,35,66-67,71-72H,3-18,22-34,36-65H2,1-2H3,(H,70,73)/b21-20-,35-19-. The third kappa shape index (κ3) is 61.4. The summed E-state index contributed by atoms with van der Waals surface area (Å²) in [6.45, 7) is 4.97. The number of hydrogen-bond acceptors (Lipinski definition) is 5. The Bertz CT molecular complexity index is 1170. The summed E-state index contributed by atoms with van der Waals surface area (Å²) in [5, 5.41) is 23.3. The van der Waals surface area contributed by atoms with Crippen molar-refractivity contribution in [2.24, 2.45) is 0 Å². The maximum absolute atomic E-state index is 12.5. The van der Waals surface area contributed by atoms with Crippen molar-refractivity contribution in [1.29, 1.82) is 0 Å². The van der Waals surface area contributed by atoms with Gasteiger partial charge in [0.2, 0.25) is 5.91 Å². The fourth-order valence-electron chi connectivity index (χ4n) is 10.7. The molecule has 0 radical (unpaired) electrons. The summed E-state index contributed by atoms with van der Waals surface area (Å²) >= 11 is 0. The van der Waals surface area contributed by atoms with E-state index in [2.05, 4.69) is 43.5 Å². The molecular formula is C69H133NO5. The molecule has 3 N–H and O–H groups in total. The Morgan fingerprint density at radius 1 is 0.360 bits per heavy atom. The molecular weight excluding hydrogens is 923 g/mol. The number of nitrogens with one attached hydrogen (secondary N) is 1. The molecule has 2 atom stereocenters. The number of allylic oxidation sites excluding steroid dienone is 4. The van der Waals surface area contributed by atoms with Crippen LogP contribution in [0.1, 0.15) is 380 Å². The van der Waals surface area contributed by atoms with Gasteiger partial charge in [0, 0.05) is 12.8 Å². The van der Waals surface area contributed by atoms with Crippen molar-refractivity contribution < 1.29 is 24.5 Å². The van der Waals surface area contributed by atoms with E-state index in [1.54, 1.807) is 0 Å². The highest BCUT2D eigenvalue weighted by Gasteiger charge is 2.20. The van der Waals surface area contributed by atoms with Crippen LogP contribution in [0.3, 0.4) is 0 Å². The molecule has 0 saturated carbocycles. The van der Waals surface area contributed by atoms with Gasteiger partial charge in [-0.25, -0.2) is 0 Å². The first-order valence-electron chi connectivity index (χ1n) is 34.1. The maximum atomic E-state index is 12.5. The molecule has 75 heavy (non-hydrogen) atoms. The van der Waals surface area contributed by atoms with Crippen LogP contribution < -0.4 is 5.32 Å². The van der Waals surface area contributed by atoms with Crippen molar-refractivity contribution in [1.82, 2.24) is 5.32 Å². The number of unbranched alkanes of at least 4 members (excludes halogenated alkanes) is 49. The van der Waals surface area contributed by atoms with Gasteiger partial charge in [0.1, 0.15) is 0 Å². The molecule has 1 amide bonds. The lowest BCUT2D eigenvalue weighted by molar-refractivity contribution is -0.143. The summed E-state index contributed by atoms with van der Waals surface area (Å²) in [6, 6.07) is -0.541. The van der Waals surface area contributed by atoms with Crippen LogP contribution in [0.4, 0.5) is 0 Å². The summed E-state index contributed by atoms with van der Waals surface area (Å²) in [7, 11) is 0. The van der Waals surface area contributed by atoms with Crippen LogP contribution in [0.25, 0.3) is 0 Å². The molecule has 6 heteroatoms. The quantitative estimate of drug-likeness (QED) is 0.0320. The molecule has 0 heterocycles. The minimum Gasteiger partial charge on any atom is -0.466 e. The molecule has 444 valence electrons. The zero-order valence-electron chi connectivity index (χ0n) is 50.8. The van der Waals surface area contributed by atoms with Crippen molar-refractivity contribution in [2.45, 2.75) is 392 Å². The minimum atomic E-state index is -0.663. The predicted octanol–water partition coefficient (Wildman–Crippen LogP) is 21.8. The largest absolute Gasteiger partial charge is 0.466 e. The zero-order chi connectivity index (χ0) is 54.3. The highest BCUT2D eigenvalue weighted by atomic mass is 16.5. The predicted molar refractivity (Wildman–Crippen MR) is 329 cm³/mol. The van der Waals surface area contributed by atoms with E-state index in [1.165, 1.54) is 302 Å². The van der Waals surface area contributed by atoms with Gasteiger partial charge < -0.3 is 20.3 Å². The lowest BCUT2D eigenvalue weighted by Crippen LogP contribution is -2.45. The number of carbonyl (C=O) groups is 2. The number of hydrogen-bond donors (Lipinski definition) is 3. The van der Waals surface area contributed by atoms with Crippen LogP contribution in [-0.4, -0.2) is 47.4 Å². The second kappa shape index (κ2) is 64.9. The second-order valence-electron chi connectivity index (χ2n) is 23.5. The number of carbonyl (C=O) groups excluding carboxylic acids is 2. The number of ether oxygens (including phenoxy) is 1. The van der Waals surface area contributed by atoms with E-state index in [4.69, 9.17) is 4.74 Å². The van der Waals surface area contributed by atoms with E-state index in [-0.39, 0.29) is 18.5 Å². The number of aliphatic hydroxyl groups excluding tert-OH is 2. The van der Waals surface area contributed by atoms with Crippen LogP contribution in [0.15, 0.2) is 24.3 Å². The van der Waals surface area contributed by atoms with Gasteiger partial charge in [-0.3, -0.25) is 9.59 Å². The molecule has 0 rings (SSSR count). The molecule has 0 aromatic heterocycles. The summed E-state index contributed by atoms with van der Waals surface area (Å²) in [5.74, 6) is -0.0238. The Kier molecular flexibility index (Phi) is 63.4. The average molecular weight is 1060 g/mol. The first-order valence-corrected chi connectivity index (χ1v) is 34.1. The first kappa shape index (κ1) is 73.3. The first-order chi connectivity index (χ1) is 37.0. The van der Waals surface area contributed by atoms with E-state index in [0.717, 1.165) is 44.9 Å². The fraction of sp³-hybridized carbons (Fsp3) is 0.913. The monoisotopic (exact) mass is 1060 g/mol. The van der Waals surface area contributed by atoms with Crippen molar-refractivity contribution in [2.75, 3.05) is 13.2 Å². The molecule has 0 spiro atoms. The second-order valence-corrected chi connectivity index (χ2v) is 23.5. The summed E-state index contributed by atoms with van der Waals surface area (Å²) < 4.78 is 5.49. The SMILES string of the molecule is CCCCCCCCC/C=C\CCCCCCCC(=O)OCCCCCCCCCCCCCC/C=C\CCCCCCCCCCCCCCC(=O)NC(CO)C(O)CCCCCCCCCCCCCCCC. The van der Waals surface area contributed by atoms with Crippen LogP contribution in [0, 0.1) is 0 Å². The van der Waals surface area contributed by atoms with Gasteiger partial charge in [-0.1, -0.05) is 314 Å². The van der Waals surface area contributed by atoms with Crippen LogP contribution in [-0.2, 0) is 14.3 Å². The topological polar surface area (TPSA) is 95.9 Å². The Morgan fingerprint density at radius 3 is 0.947 bits per heavy atom.